The van der Waals surface area contributed by atoms with Crippen molar-refractivity contribution in [1.29, 1.82) is 5.26 Å². The molecular weight excluding hydrogens is 222 g/mol. The van der Waals surface area contributed by atoms with E-state index in [1.165, 1.54) is 11.8 Å². The van der Waals surface area contributed by atoms with E-state index in [0.717, 1.165) is 10.5 Å². The number of nitriles is 1. The molecule has 0 atom stereocenters. The van der Waals surface area contributed by atoms with Crippen molar-refractivity contribution >= 4 is 11.8 Å². The normalized spacial score (nSPS) is 10.1. The van der Waals surface area contributed by atoms with Gasteiger partial charge in [0.25, 0.3) is 5.22 Å². The molecule has 2 rings (SSSR count). The Balaban J connectivity index is 2.38. The van der Waals surface area contributed by atoms with Crippen molar-refractivity contribution in [3.05, 3.63) is 35.2 Å². The summed E-state index contributed by atoms with van der Waals surface area (Å²) in [7, 11) is 0. The molecule has 0 saturated heterocycles. The number of hydrogen-bond donors (Lipinski definition) is 0. The molecule has 0 saturated carbocycles. The quantitative estimate of drug-likeness (QED) is 0.795. The predicted octanol–water partition coefficient (Wildman–Crippen LogP) is 2.71. The highest BCUT2D eigenvalue weighted by atomic mass is 32.2. The van der Waals surface area contributed by atoms with E-state index in [1.807, 2.05) is 19.1 Å². The van der Waals surface area contributed by atoms with Gasteiger partial charge in [0, 0.05) is 11.8 Å². The molecule has 0 aliphatic carbocycles. The first kappa shape index (κ1) is 10.7. The monoisotopic (exact) mass is 231 g/mol. The van der Waals surface area contributed by atoms with Crippen LogP contribution < -0.4 is 0 Å². The van der Waals surface area contributed by atoms with Crippen LogP contribution in [0.4, 0.5) is 0 Å². The summed E-state index contributed by atoms with van der Waals surface area (Å²) in [5.74, 6) is 0.523. The lowest BCUT2D eigenvalue weighted by molar-refractivity contribution is 0.429. The van der Waals surface area contributed by atoms with Gasteiger partial charge in [0.05, 0.1) is 5.56 Å². The minimum Gasteiger partial charge on any atom is -0.416 e. The van der Waals surface area contributed by atoms with Crippen LogP contribution in [0.5, 0.6) is 0 Å². The molecule has 16 heavy (non-hydrogen) atoms. The van der Waals surface area contributed by atoms with Crippen molar-refractivity contribution in [2.75, 3.05) is 0 Å². The van der Waals surface area contributed by atoms with Gasteiger partial charge in [-0.3, -0.25) is 0 Å². The van der Waals surface area contributed by atoms with Gasteiger partial charge in [0.2, 0.25) is 5.89 Å². The Hall–Kier alpha value is -1.80. The molecule has 80 valence electrons. The van der Waals surface area contributed by atoms with Gasteiger partial charge in [-0.1, -0.05) is 12.1 Å². The van der Waals surface area contributed by atoms with E-state index in [-0.39, 0.29) is 0 Å². The van der Waals surface area contributed by atoms with Crippen molar-refractivity contribution in [1.82, 2.24) is 10.2 Å². The molecule has 0 aliphatic heterocycles. The third kappa shape index (κ3) is 2.07. The maximum atomic E-state index is 9.00. The summed E-state index contributed by atoms with van der Waals surface area (Å²) in [6, 6.07) is 7.74. The number of hydrogen-bond acceptors (Lipinski definition) is 5. The lowest BCUT2D eigenvalue weighted by Gasteiger charge is -2.03. The molecule has 4 nitrogen and oxygen atoms in total. The molecule has 1 aromatic carbocycles. The van der Waals surface area contributed by atoms with Crippen LogP contribution in [0.15, 0.2) is 32.7 Å². The molecule has 0 radical (unpaired) electrons. The second kappa shape index (κ2) is 4.37. The van der Waals surface area contributed by atoms with Crippen molar-refractivity contribution < 1.29 is 4.42 Å². The third-order valence-corrected chi connectivity index (χ3v) is 3.11. The van der Waals surface area contributed by atoms with E-state index < -0.39 is 0 Å². The zero-order valence-corrected chi connectivity index (χ0v) is 9.71. The largest absolute Gasteiger partial charge is 0.416 e. The van der Waals surface area contributed by atoms with E-state index in [0.29, 0.717) is 16.7 Å². The third-order valence-electron chi connectivity index (χ3n) is 2.03. The Kier molecular flexibility index (Phi) is 2.93. The van der Waals surface area contributed by atoms with Gasteiger partial charge < -0.3 is 4.42 Å². The molecule has 2 aromatic rings. The van der Waals surface area contributed by atoms with Crippen molar-refractivity contribution in [3.63, 3.8) is 0 Å². The summed E-state index contributed by atoms with van der Waals surface area (Å²) in [5, 5.41) is 17.1. The highest BCUT2D eigenvalue weighted by Crippen LogP contribution is 2.31. The summed E-state index contributed by atoms with van der Waals surface area (Å²) < 4.78 is 5.27. The Morgan fingerprint density at radius 3 is 2.75 bits per heavy atom. The van der Waals surface area contributed by atoms with E-state index in [4.69, 9.17) is 9.68 Å². The molecule has 0 N–H and O–H groups in total. The van der Waals surface area contributed by atoms with Crippen molar-refractivity contribution in [3.8, 4) is 6.07 Å². The summed E-state index contributed by atoms with van der Waals surface area (Å²) in [6.45, 7) is 3.69. The molecule has 0 bridgehead atoms. The molecule has 1 aromatic heterocycles. The topological polar surface area (TPSA) is 62.7 Å². The number of aryl methyl sites for hydroxylation is 2. The fraction of sp³-hybridized carbons (Fsp3) is 0.182. The molecule has 0 spiro atoms. The Morgan fingerprint density at radius 1 is 1.31 bits per heavy atom. The first-order valence-corrected chi connectivity index (χ1v) is 5.50. The van der Waals surface area contributed by atoms with Crippen LogP contribution in [0.2, 0.25) is 0 Å². The van der Waals surface area contributed by atoms with Gasteiger partial charge in [-0.2, -0.15) is 5.26 Å². The van der Waals surface area contributed by atoms with Gasteiger partial charge in [0.15, 0.2) is 0 Å². The maximum Gasteiger partial charge on any atom is 0.281 e. The van der Waals surface area contributed by atoms with Crippen LogP contribution in [0, 0.1) is 25.2 Å². The van der Waals surface area contributed by atoms with E-state index in [1.54, 1.807) is 13.0 Å². The van der Waals surface area contributed by atoms with Crippen molar-refractivity contribution in [2.45, 2.75) is 24.0 Å². The first-order chi connectivity index (χ1) is 7.70. The highest BCUT2D eigenvalue weighted by Gasteiger charge is 2.11. The number of rotatable bonds is 2. The average Bonchev–Trinajstić information content (AvgIpc) is 2.67. The molecule has 0 aliphatic rings. The summed E-state index contributed by atoms with van der Waals surface area (Å²) in [6.07, 6.45) is 0. The lowest BCUT2D eigenvalue weighted by atomic mass is 10.1. The summed E-state index contributed by atoms with van der Waals surface area (Å²) in [4.78, 5) is 0.869. The Bertz CT molecular complexity index is 557. The van der Waals surface area contributed by atoms with Gasteiger partial charge in [0.1, 0.15) is 6.07 Å². The number of nitrogens with zero attached hydrogens (tertiary/aromatic N) is 3. The molecule has 0 amide bonds. The average molecular weight is 231 g/mol. The molecular formula is C11H9N3OS. The van der Waals surface area contributed by atoms with Crippen LogP contribution >= 0.6 is 11.8 Å². The number of aromatic nitrogens is 2. The molecule has 0 unspecified atom stereocenters. The Labute approximate surface area is 97.3 Å². The fourth-order valence-electron chi connectivity index (χ4n) is 1.28. The van der Waals surface area contributed by atoms with Gasteiger partial charge in [-0.15, -0.1) is 10.2 Å². The maximum absolute atomic E-state index is 9.00. The van der Waals surface area contributed by atoms with Gasteiger partial charge in [-0.05, 0) is 30.3 Å². The number of benzene rings is 1. The van der Waals surface area contributed by atoms with E-state index >= 15 is 0 Å². The second-order valence-corrected chi connectivity index (χ2v) is 4.21. The van der Waals surface area contributed by atoms with E-state index in [9.17, 15) is 0 Å². The van der Waals surface area contributed by atoms with Crippen LogP contribution in [0.3, 0.4) is 0 Å². The van der Waals surface area contributed by atoms with Gasteiger partial charge >= 0.3 is 0 Å². The minimum absolute atomic E-state index is 0.461. The molecule has 5 heteroatoms. The summed E-state index contributed by atoms with van der Waals surface area (Å²) in [5.41, 5.74) is 1.65. The Morgan fingerprint density at radius 2 is 2.12 bits per heavy atom. The zero-order valence-electron chi connectivity index (χ0n) is 8.89. The van der Waals surface area contributed by atoms with Crippen LogP contribution in [0.1, 0.15) is 17.0 Å². The highest BCUT2D eigenvalue weighted by molar-refractivity contribution is 7.99. The minimum atomic E-state index is 0.461. The lowest BCUT2D eigenvalue weighted by Crippen LogP contribution is -1.85. The zero-order chi connectivity index (χ0) is 11.5. The first-order valence-electron chi connectivity index (χ1n) is 4.68. The predicted molar refractivity (Wildman–Crippen MR) is 59.1 cm³/mol. The van der Waals surface area contributed by atoms with E-state index in [2.05, 4.69) is 16.3 Å². The SMILES string of the molecule is Cc1nnc(Sc2c(C)cccc2C#N)o1. The smallest absolute Gasteiger partial charge is 0.281 e. The second-order valence-electron chi connectivity index (χ2n) is 3.25. The fourth-order valence-corrected chi connectivity index (χ4v) is 2.15. The van der Waals surface area contributed by atoms with Crippen LogP contribution in [0.25, 0.3) is 0 Å². The summed E-state index contributed by atoms with van der Waals surface area (Å²) >= 11 is 1.32. The standard InChI is InChI=1S/C11H9N3OS/c1-7-4-3-5-9(6-12)10(7)16-11-14-13-8(2)15-11/h3-5H,1-2H3. The molecule has 1 heterocycles. The van der Waals surface area contributed by atoms with Crippen molar-refractivity contribution in [2.24, 2.45) is 0 Å². The van der Waals surface area contributed by atoms with Crippen LogP contribution in [-0.4, -0.2) is 10.2 Å². The molecule has 0 fully saturated rings. The van der Waals surface area contributed by atoms with Crippen LogP contribution in [-0.2, 0) is 0 Å². The van der Waals surface area contributed by atoms with Gasteiger partial charge in [-0.25, -0.2) is 0 Å².